The highest BCUT2D eigenvalue weighted by molar-refractivity contribution is 7.99. The van der Waals surface area contributed by atoms with Crippen molar-refractivity contribution < 1.29 is 4.79 Å². The highest BCUT2D eigenvalue weighted by Gasteiger charge is 2.08. The number of nitriles is 1. The number of hydrogen-bond donors (Lipinski definition) is 1. The molecule has 0 aliphatic rings. The number of carbonyl (C=O) groups excluding carboxylic acids is 1. The average molecular weight is 347 g/mol. The molecule has 1 amide bonds. The van der Waals surface area contributed by atoms with Crippen LogP contribution >= 0.6 is 11.8 Å². The number of anilines is 1. The minimum absolute atomic E-state index is 0.121. The normalized spacial score (nSPS) is 10.4. The molecule has 0 unspecified atom stereocenters. The molecule has 1 heterocycles. The summed E-state index contributed by atoms with van der Waals surface area (Å²) >= 11 is 1.41. The van der Waals surface area contributed by atoms with Crippen LogP contribution in [0.4, 0.5) is 5.69 Å². The maximum Gasteiger partial charge on any atom is 0.234 e. The molecule has 25 heavy (non-hydrogen) atoms. The largest absolute Gasteiger partial charge is 0.325 e. The second-order valence-electron chi connectivity index (χ2n) is 5.78. The van der Waals surface area contributed by atoms with E-state index in [2.05, 4.69) is 29.4 Å². The predicted molar refractivity (Wildman–Crippen MR) is 102 cm³/mol. The smallest absolute Gasteiger partial charge is 0.234 e. The average Bonchev–Trinajstić information content (AvgIpc) is 2.61. The van der Waals surface area contributed by atoms with Crippen LogP contribution in [0.1, 0.15) is 16.7 Å². The van der Waals surface area contributed by atoms with Crippen molar-refractivity contribution in [1.29, 1.82) is 5.26 Å². The standard InChI is InChI=1S/C20H17N3OS/c1-13-5-3-8-17-14(2)9-19(23-20(13)17)25-12-18(24)22-16-7-4-6-15(10-16)11-21/h3-10H,12H2,1-2H3,(H,22,24). The number of amides is 1. The lowest BCUT2D eigenvalue weighted by Crippen LogP contribution is -2.14. The van der Waals surface area contributed by atoms with Gasteiger partial charge in [-0.25, -0.2) is 4.98 Å². The highest BCUT2D eigenvalue weighted by atomic mass is 32.2. The molecule has 0 atom stereocenters. The third kappa shape index (κ3) is 3.98. The van der Waals surface area contributed by atoms with Crippen molar-refractivity contribution >= 4 is 34.3 Å². The second-order valence-corrected chi connectivity index (χ2v) is 6.77. The first-order valence-corrected chi connectivity index (χ1v) is 8.85. The summed E-state index contributed by atoms with van der Waals surface area (Å²) in [7, 11) is 0. The summed E-state index contributed by atoms with van der Waals surface area (Å²) in [5.41, 5.74) is 4.40. The Labute approximate surface area is 150 Å². The summed E-state index contributed by atoms with van der Waals surface area (Å²) in [6, 6.07) is 17.1. The molecule has 0 fully saturated rings. The molecule has 0 spiro atoms. The summed E-state index contributed by atoms with van der Waals surface area (Å²) in [6.07, 6.45) is 0. The third-order valence-corrected chi connectivity index (χ3v) is 4.76. The Balaban J connectivity index is 1.71. The molecule has 0 radical (unpaired) electrons. The van der Waals surface area contributed by atoms with Crippen molar-refractivity contribution in [1.82, 2.24) is 4.98 Å². The van der Waals surface area contributed by atoms with Crippen LogP contribution in [0.15, 0.2) is 53.6 Å². The van der Waals surface area contributed by atoms with Gasteiger partial charge < -0.3 is 5.32 Å². The van der Waals surface area contributed by atoms with Crippen molar-refractivity contribution in [2.45, 2.75) is 18.9 Å². The van der Waals surface area contributed by atoms with Gasteiger partial charge in [0.25, 0.3) is 0 Å². The van der Waals surface area contributed by atoms with Gasteiger partial charge in [0.1, 0.15) is 0 Å². The SMILES string of the molecule is Cc1cc(SCC(=O)Nc2cccc(C#N)c2)nc2c(C)cccc12. The number of pyridine rings is 1. The highest BCUT2D eigenvalue weighted by Crippen LogP contribution is 2.25. The van der Waals surface area contributed by atoms with E-state index in [9.17, 15) is 4.79 Å². The molecule has 1 aromatic heterocycles. The minimum Gasteiger partial charge on any atom is -0.325 e. The van der Waals surface area contributed by atoms with Crippen LogP contribution in [0.3, 0.4) is 0 Å². The third-order valence-electron chi connectivity index (χ3n) is 3.85. The fourth-order valence-electron chi connectivity index (χ4n) is 2.61. The molecule has 0 saturated carbocycles. The van der Waals surface area contributed by atoms with E-state index in [4.69, 9.17) is 5.26 Å². The van der Waals surface area contributed by atoms with Crippen LogP contribution in [0.25, 0.3) is 10.9 Å². The zero-order valence-electron chi connectivity index (χ0n) is 14.0. The van der Waals surface area contributed by atoms with Crippen LogP contribution in [0.5, 0.6) is 0 Å². The van der Waals surface area contributed by atoms with E-state index in [1.807, 2.05) is 25.1 Å². The number of benzene rings is 2. The Morgan fingerprint density at radius 1 is 1.16 bits per heavy atom. The first-order valence-electron chi connectivity index (χ1n) is 7.86. The predicted octanol–water partition coefficient (Wildman–Crippen LogP) is 4.45. The molecule has 3 rings (SSSR count). The topological polar surface area (TPSA) is 65.8 Å². The number of aryl methyl sites for hydroxylation is 2. The Morgan fingerprint density at radius 3 is 2.76 bits per heavy atom. The maximum absolute atomic E-state index is 12.2. The van der Waals surface area contributed by atoms with Crippen LogP contribution in [0.2, 0.25) is 0 Å². The molecular weight excluding hydrogens is 330 g/mol. The molecule has 0 aliphatic heterocycles. The van der Waals surface area contributed by atoms with Gasteiger partial charge in [0.05, 0.1) is 27.9 Å². The number of carbonyl (C=O) groups is 1. The monoisotopic (exact) mass is 347 g/mol. The Morgan fingerprint density at radius 2 is 1.96 bits per heavy atom. The van der Waals surface area contributed by atoms with E-state index in [1.54, 1.807) is 24.3 Å². The van der Waals surface area contributed by atoms with Crippen LogP contribution < -0.4 is 5.32 Å². The van der Waals surface area contributed by atoms with Crippen molar-refractivity contribution in [2.24, 2.45) is 0 Å². The van der Waals surface area contributed by atoms with Crippen molar-refractivity contribution in [2.75, 3.05) is 11.1 Å². The number of para-hydroxylation sites is 1. The fraction of sp³-hybridized carbons (Fsp3) is 0.150. The summed E-state index contributed by atoms with van der Waals surface area (Å²) in [5, 5.41) is 13.7. The van der Waals surface area contributed by atoms with Gasteiger partial charge in [-0.3, -0.25) is 4.79 Å². The van der Waals surface area contributed by atoms with E-state index < -0.39 is 0 Å². The number of rotatable bonds is 4. The molecule has 1 N–H and O–H groups in total. The van der Waals surface area contributed by atoms with Crippen LogP contribution in [0, 0.1) is 25.2 Å². The Hall–Kier alpha value is -2.84. The molecule has 4 nitrogen and oxygen atoms in total. The van der Waals surface area contributed by atoms with Gasteiger partial charge in [-0.15, -0.1) is 0 Å². The van der Waals surface area contributed by atoms with E-state index in [1.165, 1.54) is 11.8 Å². The second kappa shape index (κ2) is 7.37. The van der Waals surface area contributed by atoms with Crippen molar-refractivity contribution in [3.8, 4) is 6.07 Å². The fourth-order valence-corrected chi connectivity index (χ4v) is 3.38. The number of fused-ring (bicyclic) bond motifs is 1. The van der Waals surface area contributed by atoms with Gasteiger partial charge in [-0.05, 0) is 49.2 Å². The van der Waals surface area contributed by atoms with Crippen LogP contribution in [-0.2, 0) is 4.79 Å². The van der Waals surface area contributed by atoms with Crippen LogP contribution in [-0.4, -0.2) is 16.6 Å². The zero-order chi connectivity index (χ0) is 17.8. The number of nitrogens with one attached hydrogen (secondary N) is 1. The summed E-state index contributed by atoms with van der Waals surface area (Å²) in [6.45, 7) is 4.10. The Bertz CT molecular complexity index is 992. The zero-order valence-corrected chi connectivity index (χ0v) is 14.9. The molecule has 2 aromatic carbocycles. The van der Waals surface area contributed by atoms with E-state index in [0.29, 0.717) is 11.3 Å². The lowest BCUT2D eigenvalue weighted by molar-refractivity contribution is -0.113. The molecule has 0 bridgehead atoms. The van der Waals surface area contributed by atoms with Gasteiger partial charge in [-0.1, -0.05) is 36.0 Å². The first kappa shape index (κ1) is 17.0. The van der Waals surface area contributed by atoms with Gasteiger partial charge in [-0.2, -0.15) is 5.26 Å². The Kier molecular flexibility index (Phi) is 5.01. The van der Waals surface area contributed by atoms with Gasteiger partial charge in [0.15, 0.2) is 0 Å². The minimum atomic E-state index is -0.121. The maximum atomic E-state index is 12.2. The lowest BCUT2D eigenvalue weighted by atomic mass is 10.1. The van der Waals surface area contributed by atoms with Crippen molar-refractivity contribution in [3.63, 3.8) is 0 Å². The first-order chi connectivity index (χ1) is 12.1. The molecule has 124 valence electrons. The number of nitrogens with zero attached hydrogens (tertiary/aromatic N) is 2. The molecule has 3 aromatic rings. The molecule has 0 aliphatic carbocycles. The summed E-state index contributed by atoms with van der Waals surface area (Å²) in [4.78, 5) is 16.8. The van der Waals surface area contributed by atoms with E-state index in [-0.39, 0.29) is 11.7 Å². The van der Waals surface area contributed by atoms with Gasteiger partial charge >= 0.3 is 0 Å². The molecule has 0 saturated heterocycles. The van der Waals surface area contributed by atoms with E-state index >= 15 is 0 Å². The number of aromatic nitrogens is 1. The van der Waals surface area contributed by atoms with Gasteiger partial charge in [0.2, 0.25) is 5.91 Å². The number of thioether (sulfide) groups is 1. The van der Waals surface area contributed by atoms with E-state index in [0.717, 1.165) is 27.1 Å². The van der Waals surface area contributed by atoms with Gasteiger partial charge in [0, 0.05) is 11.1 Å². The summed E-state index contributed by atoms with van der Waals surface area (Å²) < 4.78 is 0. The summed E-state index contributed by atoms with van der Waals surface area (Å²) in [5.74, 6) is 0.144. The van der Waals surface area contributed by atoms with Crippen molar-refractivity contribution in [3.05, 3.63) is 65.2 Å². The molecule has 5 heteroatoms. The number of hydrogen-bond acceptors (Lipinski definition) is 4. The lowest BCUT2D eigenvalue weighted by Gasteiger charge is -2.09. The quantitative estimate of drug-likeness (QED) is 0.708. The molecular formula is C20H17N3OS.